The number of hydrogen-bond acceptors (Lipinski definition) is 21. The number of benzene rings is 9. The van der Waals surface area contributed by atoms with Gasteiger partial charge in [0.2, 0.25) is 5.95 Å². The third-order valence-corrected chi connectivity index (χ3v) is 26.0. The number of ether oxygens (including phenoxy) is 1. The van der Waals surface area contributed by atoms with E-state index in [1.165, 1.54) is 102 Å². The molecule has 0 saturated carbocycles. The number of nitrogens with zero attached hydrogens (tertiary/aromatic N) is 14. The minimum absolute atomic E-state index is 0. The Kier molecular flexibility index (Phi) is 61.9. The van der Waals surface area contributed by atoms with E-state index >= 15 is 0 Å². The van der Waals surface area contributed by atoms with Gasteiger partial charge in [0.1, 0.15) is 10.9 Å². The molecule has 0 fully saturated rings. The van der Waals surface area contributed by atoms with Gasteiger partial charge in [-0.15, -0.1) is 20.4 Å². The zero-order valence-corrected chi connectivity index (χ0v) is 89.8. The Hall–Kier alpha value is -9.62. The van der Waals surface area contributed by atoms with Crippen LogP contribution in [-0.4, -0.2) is 141 Å². The second-order valence-corrected chi connectivity index (χ2v) is 37.2. The van der Waals surface area contributed by atoms with Crippen molar-refractivity contribution in [1.29, 1.82) is 10.5 Å². The summed E-state index contributed by atoms with van der Waals surface area (Å²) in [5, 5.41) is 53.5. The first-order valence-corrected chi connectivity index (χ1v) is 51.9. The van der Waals surface area contributed by atoms with E-state index in [0.29, 0.717) is 60.7 Å². The zero-order valence-electron chi connectivity index (χ0n) is 85.1. The number of aliphatic hydroxyl groups is 1. The number of nitrogens with two attached hydrogens (primary N) is 2. The number of H-pyrrole nitrogens is 2. The predicted octanol–water partition coefficient (Wildman–Crippen LogP) is 21.8. The Labute approximate surface area is 880 Å². The van der Waals surface area contributed by atoms with Crippen molar-refractivity contribution < 1.29 is 73.8 Å². The maximum absolute atomic E-state index is 11.4. The molecule has 0 unspecified atom stereocenters. The van der Waals surface area contributed by atoms with Crippen LogP contribution < -0.4 is 67.6 Å². The molecule has 3 aromatic heterocycles. The summed E-state index contributed by atoms with van der Waals surface area (Å²) >= 11 is 6.11. The summed E-state index contributed by atoms with van der Waals surface area (Å²) in [5.74, 6) is 2.58. The molecule has 12 rings (SSSR count). The molecule has 0 aliphatic heterocycles. The first-order chi connectivity index (χ1) is 67.1. The molecule has 23 nitrogen and oxygen atoms in total. The number of aryl methyl sites for hydroxylation is 3. The summed E-state index contributed by atoms with van der Waals surface area (Å²) in [7, 11) is -1.77. The maximum Gasteiger partial charge on any atom is 1.00 e. The van der Waals surface area contributed by atoms with Gasteiger partial charge in [-0.1, -0.05) is 382 Å². The summed E-state index contributed by atoms with van der Waals surface area (Å²) in [6.07, 6.45) is 25.9. The largest absolute Gasteiger partial charge is 1.00 e. The van der Waals surface area contributed by atoms with Crippen molar-refractivity contribution in [3.05, 3.63) is 352 Å². The fourth-order valence-electron chi connectivity index (χ4n) is 17.2. The number of nitrogen functional groups attached to an aromatic ring is 1. The Morgan fingerprint density at radius 2 is 0.770 bits per heavy atom. The summed E-state index contributed by atoms with van der Waals surface area (Å²) in [4.78, 5) is 18.4. The molecule has 0 aliphatic carbocycles. The number of aromatic nitrogens is 10. The number of para-hydroxylation sites is 1. The minimum Gasteiger partial charge on any atom is -0.512 e. The van der Waals surface area contributed by atoms with Gasteiger partial charge >= 0.3 is 51.4 Å². The van der Waals surface area contributed by atoms with Gasteiger partial charge in [0, 0.05) is 124 Å². The smallest absolute Gasteiger partial charge is 0.512 e. The third kappa shape index (κ3) is 46.8. The predicted molar refractivity (Wildman–Crippen MR) is 562 cm³/mol. The van der Waals surface area contributed by atoms with Gasteiger partial charge in [0.05, 0.1) is 26.0 Å². The second-order valence-electron chi connectivity index (χ2n) is 35.2. The Balaban J connectivity index is 0.000000297. The van der Waals surface area contributed by atoms with Gasteiger partial charge in [-0.05, 0) is 155 Å². The van der Waals surface area contributed by atoms with E-state index < -0.39 is 10.1 Å². The fraction of sp³-hybridized carbons (Fsp3) is 0.451. The van der Waals surface area contributed by atoms with Gasteiger partial charge in [-0.2, -0.15) is 24.1 Å². The molecule has 3 heterocycles. The SMILES string of the molecule is CCCC[C@@H](CCC#N)N(Cc1ccccc1)[C@@H](C)c1ccccc1.CCCC[C@@H](CCO)N(Cc1ccccc1)[C@@H](C)c1ccccc1.CCCC[C@@H](CCOS(C)(=O)=O)N(Cc1ccccc1)[C@@H](C)c1ccccc1.CCCC[C@@H](CCc1nn[nH]n1)N(Cc1ccccc1)[C@@H](C)c1ccccc1.CCCC[C@H](N)CCc1nn[nH]n1.COc1ccccc1Cc1c(C)nc(N)nc1Cl.[C-]#N.[K+]. The number of methoxy groups -OCH3 is 1. The number of aliphatic hydroxyl groups excluding tert-OH is 1. The van der Waals surface area contributed by atoms with Crippen LogP contribution in [0.2, 0.25) is 5.15 Å². The molecule has 12 aromatic rings. The maximum atomic E-state index is 11.4. The van der Waals surface area contributed by atoms with Gasteiger partial charge in [0.25, 0.3) is 10.1 Å². The number of hydrogen-bond donors (Lipinski definition) is 5. The number of unbranched alkanes of at least 4 members (excludes halogenated alkanes) is 5. The molecular weight excluding hydrogens is 1800 g/mol. The van der Waals surface area contributed by atoms with Gasteiger partial charge in [0.15, 0.2) is 11.6 Å². The average molecular weight is 1950 g/mol. The van der Waals surface area contributed by atoms with Crippen LogP contribution in [0.5, 0.6) is 5.75 Å². The molecule has 742 valence electrons. The zero-order chi connectivity index (χ0) is 99.8. The Bertz CT molecular complexity index is 5210. The summed E-state index contributed by atoms with van der Waals surface area (Å²) in [6, 6.07) is 98.5. The van der Waals surface area contributed by atoms with Crippen molar-refractivity contribution in [3.8, 4) is 11.8 Å². The van der Waals surface area contributed by atoms with Crippen LogP contribution in [0.25, 0.3) is 0 Å². The first-order valence-electron chi connectivity index (χ1n) is 49.7. The van der Waals surface area contributed by atoms with Crippen LogP contribution in [0.4, 0.5) is 5.95 Å². The van der Waals surface area contributed by atoms with Crippen LogP contribution in [0.1, 0.15) is 294 Å². The van der Waals surface area contributed by atoms with E-state index in [2.05, 4.69) is 370 Å². The van der Waals surface area contributed by atoms with E-state index in [4.69, 9.17) is 49.1 Å². The number of halogens is 1. The van der Waals surface area contributed by atoms with Crippen LogP contribution in [0.3, 0.4) is 0 Å². The van der Waals surface area contributed by atoms with E-state index in [-0.39, 0.29) is 88.7 Å². The molecule has 26 heteroatoms. The summed E-state index contributed by atoms with van der Waals surface area (Å²) in [5.41, 5.74) is 24.7. The molecule has 7 N–H and O–H groups in total. The van der Waals surface area contributed by atoms with Crippen LogP contribution >= 0.6 is 11.6 Å². The minimum atomic E-state index is -3.42. The standard InChI is InChI=1S/C23H31N5.C23H30N2.C23H33NO3S.C22H31NO.C13H14ClN3O.C8H17N5.CN.K/c1-3-4-15-22(16-17-23-24-26-27-25-23)28(18-20-11-7-5-8-12-20)19(2)21-13-9-6-10-14-21;1-3-4-16-23(17-11-18-24)25(19-21-12-7-5-8-13-21)20(2)22-14-9-6-10-15-22;1-4-5-16-23(17-18-27-28(3,25)26)24(19-21-12-8-6-9-13-21)20(2)22-14-10-7-11-15-22;1-3-4-15-22(16-17-24)23(18-20-11-7-5-8-12-20)19(2)21-13-9-6-10-14-21;1-8-10(12(14)17-13(15)16-8)7-9-5-3-4-6-11(9)18-2;1-2-3-4-7(9)5-6-8-10-12-13-11-8;1-2;/h5-14,19,22H,3-4,15-18H2,1-2H3,(H,24,25,26,27);5-10,12-15,20,23H,3-4,11,16-17,19H2,1-2H3;6-15,20,23H,4-5,16-19H2,1-3H3;5-14,19,22,24H,3-4,15-18H2,1-2H3;3-6H,7H2,1-2H3,(H2,15,16,17);7H,2-6,9H2,1H3,(H,10,11,12,13);;/q;;;;;;-1;+1/t19-,22-;2*20-,23-;19-,22-;;7-;;/m0000.0../s1. The van der Waals surface area contributed by atoms with E-state index in [1.807, 2.05) is 43.3 Å². The van der Waals surface area contributed by atoms with Crippen LogP contribution in [0, 0.1) is 30.1 Å². The molecule has 0 bridgehead atoms. The monoisotopic (exact) mass is 1950 g/mol. The van der Waals surface area contributed by atoms with Gasteiger partial charge in [-0.25, -0.2) is 9.97 Å². The molecular formula is C113H156ClKN18O5S. The fourth-order valence-corrected chi connectivity index (χ4v) is 17.9. The molecule has 0 radical (unpaired) electrons. The van der Waals surface area contributed by atoms with Crippen molar-refractivity contribution in [3.63, 3.8) is 0 Å². The normalized spacial score (nSPS) is 12.9. The Morgan fingerprint density at radius 3 is 1.09 bits per heavy atom. The molecule has 0 spiro atoms. The van der Waals surface area contributed by atoms with Crippen molar-refractivity contribution in [2.45, 2.75) is 304 Å². The molecule has 0 aliphatic rings. The first kappa shape index (κ1) is 120. The molecule has 0 amide bonds. The number of tetrazole rings is 2. The number of nitriles is 1. The molecule has 9 aromatic carbocycles. The molecule has 139 heavy (non-hydrogen) atoms. The second kappa shape index (κ2) is 71.8. The summed E-state index contributed by atoms with van der Waals surface area (Å²) < 4.78 is 33.2. The molecule has 0 saturated heterocycles. The number of anilines is 1. The molecule has 9 atom stereocenters. The van der Waals surface area contributed by atoms with Crippen molar-refractivity contribution in [2.75, 3.05) is 32.3 Å². The van der Waals surface area contributed by atoms with Gasteiger partial charge < -0.3 is 33.1 Å². The summed E-state index contributed by atoms with van der Waals surface area (Å²) in [6.45, 7) is 30.9. The number of nitrogens with one attached hydrogen (secondary N) is 2. The third-order valence-electron chi connectivity index (χ3n) is 25.1. The average Bonchev–Trinajstić information content (AvgIpc) is 1.23. The van der Waals surface area contributed by atoms with Crippen LogP contribution in [0.15, 0.2) is 267 Å². The van der Waals surface area contributed by atoms with E-state index in [0.717, 1.165) is 144 Å². The van der Waals surface area contributed by atoms with E-state index in [9.17, 15) is 13.5 Å². The van der Waals surface area contributed by atoms with Gasteiger partial charge in [-0.3, -0.25) is 23.8 Å². The Morgan fingerprint density at radius 1 is 0.453 bits per heavy atom. The number of aromatic amines is 2. The van der Waals surface area contributed by atoms with Crippen molar-refractivity contribution in [1.82, 2.24) is 70.8 Å². The van der Waals surface area contributed by atoms with Crippen molar-refractivity contribution in [2.24, 2.45) is 5.73 Å². The van der Waals surface area contributed by atoms with Crippen molar-refractivity contribution >= 4 is 27.7 Å². The van der Waals surface area contributed by atoms with E-state index in [1.54, 1.807) is 7.11 Å². The quantitative estimate of drug-likeness (QED) is 0.0102. The number of rotatable bonds is 52. The topological polar surface area (TPSA) is 320 Å². The van der Waals surface area contributed by atoms with Crippen LogP contribution in [-0.2, 0) is 59.7 Å².